The number of furan rings is 1. The summed E-state index contributed by atoms with van der Waals surface area (Å²) >= 11 is 5.89. The summed E-state index contributed by atoms with van der Waals surface area (Å²) in [6.45, 7) is 0.987. The van der Waals surface area contributed by atoms with Crippen molar-refractivity contribution in [2.45, 2.75) is 6.42 Å². The lowest BCUT2D eigenvalue weighted by Crippen LogP contribution is -2.20. The third kappa shape index (κ3) is 4.87. The third-order valence-electron chi connectivity index (χ3n) is 4.46. The molecule has 1 aliphatic rings. The minimum Gasteiger partial charge on any atom is -0.486 e. The van der Waals surface area contributed by atoms with Gasteiger partial charge in [0.2, 0.25) is 5.91 Å². The van der Waals surface area contributed by atoms with E-state index in [1.807, 2.05) is 0 Å². The molecule has 0 spiro atoms. The number of fused-ring (bicyclic) bond motifs is 1. The zero-order chi connectivity index (χ0) is 21.8. The van der Waals surface area contributed by atoms with Crippen molar-refractivity contribution in [2.24, 2.45) is 5.10 Å². The predicted molar refractivity (Wildman–Crippen MR) is 113 cm³/mol. The molecule has 0 saturated heterocycles. The highest BCUT2D eigenvalue weighted by Gasteiger charge is 2.14. The maximum Gasteiger partial charge on any atom is 0.337 e. The van der Waals surface area contributed by atoms with Crippen molar-refractivity contribution in [3.05, 3.63) is 70.4 Å². The van der Waals surface area contributed by atoms with E-state index in [0.717, 1.165) is 5.56 Å². The van der Waals surface area contributed by atoms with Gasteiger partial charge in [0.25, 0.3) is 0 Å². The molecule has 8 nitrogen and oxygen atoms in total. The van der Waals surface area contributed by atoms with Gasteiger partial charge in [-0.3, -0.25) is 4.79 Å². The van der Waals surface area contributed by atoms with Crippen molar-refractivity contribution in [3.63, 3.8) is 0 Å². The molecule has 0 aliphatic carbocycles. The molecule has 1 aromatic heterocycles. The zero-order valence-electron chi connectivity index (χ0n) is 16.1. The Balaban J connectivity index is 1.37. The molecule has 9 heteroatoms. The van der Waals surface area contributed by atoms with Crippen LogP contribution in [0.15, 0.2) is 58.0 Å². The fourth-order valence-electron chi connectivity index (χ4n) is 3.01. The molecule has 3 aromatic rings. The number of benzene rings is 2. The van der Waals surface area contributed by atoms with Gasteiger partial charge in [-0.25, -0.2) is 10.2 Å². The van der Waals surface area contributed by atoms with Crippen molar-refractivity contribution >= 4 is 29.7 Å². The first-order chi connectivity index (χ1) is 15.0. The fraction of sp³-hybridized carbons (Fsp3) is 0.136. The second kappa shape index (κ2) is 8.93. The number of aromatic carboxylic acids is 1. The number of carboxylic acid groups (broad SMARTS) is 1. The van der Waals surface area contributed by atoms with Crippen LogP contribution in [0.1, 0.15) is 21.7 Å². The van der Waals surface area contributed by atoms with Crippen molar-refractivity contribution in [1.29, 1.82) is 0 Å². The number of halogens is 1. The van der Waals surface area contributed by atoms with E-state index in [-0.39, 0.29) is 22.9 Å². The SMILES string of the molecule is O=C(Cc1ccc2c(c1)OCCO2)N/N=C\c1ccc(-c2ccc(Cl)c(C(=O)O)c2)o1. The summed E-state index contributed by atoms with van der Waals surface area (Å²) in [4.78, 5) is 23.4. The number of nitrogens with zero attached hydrogens (tertiary/aromatic N) is 1. The van der Waals surface area contributed by atoms with Crippen LogP contribution in [-0.4, -0.2) is 36.4 Å². The molecule has 0 atom stereocenters. The van der Waals surface area contributed by atoms with E-state index in [1.54, 1.807) is 36.4 Å². The smallest absolute Gasteiger partial charge is 0.337 e. The number of rotatable bonds is 6. The molecule has 31 heavy (non-hydrogen) atoms. The topological polar surface area (TPSA) is 110 Å². The Morgan fingerprint density at radius 3 is 2.68 bits per heavy atom. The van der Waals surface area contributed by atoms with Crippen LogP contribution >= 0.6 is 11.6 Å². The van der Waals surface area contributed by atoms with Crippen LogP contribution in [0.3, 0.4) is 0 Å². The Hall–Kier alpha value is -3.78. The second-order valence-electron chi connectivity index (χ2n) is 6.65. The van der Waals surface area contributed by atoms with Gasteiger partial charge in [0.15, 0.2) is 11.5 Å². The van der Waals surface area contributed by atoms with E-state index in [4.69, 9.17) is 25.5 Å². The van der Waals surface area contributed by atoms with E-state index < -0.39 is 5.97 Å². The lowest BCUT2D eigenvalue weighted by molar-refractivity contribution is -0.120. The third-order valence-corrected chi connectivity index (χ3v) is 4.79. The Morgan fingerprint density at radius 2 is 1.87 bits per heavy atom. The molecule has 2 N–H and O–H groups in total. The molecule has 2 aromatic carbocycles. The molecule has 158 valence electrons. The van der Waals surface area contributed by atoms with Crippen molar-refractivity contribution < 1.29 is 28.6 Å². The molecule has 2 heterocycles. The maximum atomic E-state index is 12.1. The Kier molecular flexibility index (Phi) is 5.90. The number of nitrogens with one attached hydrogen (secondary N) is 1. The first kappa shape index (κ1) is 20.5. The Morgan fingerprint density at radius 1 is 1.06 bits per heavy atom. The van der Waals surface area contributed by atoms with E-state index in [9.17, 15) is 14.7 Å². The first-order valence-corrected chi connectivity index (χ1v) is 9.71. The predicted octanol–water partition coefficient (Wildman–Crippen LogP) is 3.76. The summed E-state index contributed by atoms with van der Waals surface area (Å²) in [5, 5.41) is 13.2. The van der Waals surface area contributed by atoms with Crippen LogP contribution < -0.4 is 14.9 Å². The van der Waals surface area contributed by atoms with Gasteiger partial charge in [-0.15, -0.1) is 0 Å². The molecule has 0 saturated carbocycles. The molecule has 1 amide bonds. The fourth-order valence-corrected chi connectivity index (χ4v) is 3.21. The van der Waals surface area contributed by atoms with Gasteiger partial charge in [-0.1, -0.05) is 17.7 Å². The van der Waals surface area contributed by atoms with Crippen LogP contribution in [0.4, 0.5) is 0 Å². The average molecular weight is 441 g/mol. The number of ether oxygens (including phenoxy) is 2. The molecule has 0 fully saturated rings. The summed E-state index contributed by atoms with van der Waals surface area (Å²) in [5.41, 5.74) is 3.76. The van der Waals surface area contributed by atoms with Gasteiger partial charge in [0.05, 0.1) is 23.2 Å². The quantitative estimate of drug-likeness (QED) is 0.446. The van der Waals surface area contributed by atoms with Crippen molar-refractivity contribution in [2.75, 3.05) is 13.2 Å². The highest BCUT2D eigenvalue weighted by molar-refractivity contribution is 6.33. The minimum absolute atomic E-state index is 0.0165. The number of amides is 1. The first-order valence-electron chi connectivity index (χ1n) is 9.33. The monoisotopic (exact) mass is 440 g/mol. The zero-order valence-corrected chi connectivity index (χ0v) is 16.9. The number of carbonyl (C=O) groups excluding carboxylic acids is 1. The molecule has 1 aliphatic heterocycles. The second-order valence-corrected chi connectivity index (χ2v) is 7.06. The number of carboxylic acids is 1. The molecular weight excluding hydrogens is 424 g/mol. The van der Waals surface area contributed by atoms with Crippen molar-refractivity contribution in [3.8, 4) is 22.8 Å². The van der Waals surface area contributed by atoms with E-state index in [2.05, 4.69) is 10.5 Å². The Bertz CT molecular complexity index is 1170. The van der Waals surface area contributed by atoms with Gasteiger partial charge < -0.3 is 19.0 Å². The van der Waals surface area contributed by atoms with Crippen molar-refractivity contribution in [1.82, 2.24) is 5.43 Å². The minimum atomic E-state index is -1.12. The van der Waals surface area contributed by atoms with Crippen LogP contribution in [0.5, 0.6) is 11.5 Å². The molecule has 0 unspecified atom stereocenters. The van der Waals surface area contributed by atoms with Gasteiger partial charge in [0.1, 0.15) is 24.7 Å². The Labute approximate surface area is 182 Å². The van der Waals surface area contributed by atoms with E-state index in [0.29, 0.717) is 41.8 Å². The van der Waals surface area contributed by atoms with Gasteiger partial charge in [-0.2, -0.15) is 5.10 Å². The summed E-state index contributed by atoms with van der Waals surface area (Å²) < 4.78 is 16.6. The number of hydrogen-bond donors (Lipinski definition) is 2. The number of hydrogen-bond acceptors (Lipinski definition) is 6. The molecular formula is C22H17ClN2O6. The van der Waals surface area contributed by atoms with E-state index in [1.165, 1.54) is 18.3 Å². The van der Waals surface area contributed by atoms with Crippen LogP contribution in [0.25, 0.3) is 11.3 Å². The maximum absolute atomic E-state index is 12.1. The van der Waals surface area contributed by atoms with Crippen LogP contribution in [0, 0.1) is 0 Å². The van der Waals surface area contributed by atoms with Crippen LogP contribution in [0.2, 0.25) is 5.02 Å². The average Bonchev–Trinajstić information content (AvgIpc) is 3.22. The number of hydrazone groups is 1. The van der Waals surface area contributed by atoms with Gasteiger partial charge in [-0.05, 0) is 48.0 Å². The largest absolute Gasteiger partial charge is 0.486 e. The number of carbonyl (C=O) groups is 2. The summed E-state index contributed by atoms with van der Waals surface area (Å²) in [5.74, 6) is 0.698. The van der Waals surface area contributed by atoms with E-state index >= 15 is 0 Å². The highest BCUT2D eigenvalue weighted by atomic mass is 35.5. The van der Waals surface area contributed by atoms with Gasteiger partial charge >= 0.3 is 5.97 Å². The van der Waals surface area contributed by atoms with Crippen LogP contribution in [-0.2, 0) is 11.2 Å². The van der Waals surface area contributed by atoms with Gasteiger partial charge in [0, 0.05) is 5.56 Å². The standard InChI is InChI=1S/C22H17ClN2O6/c23-17-4-2-14(11-16(17)22(27)28)18-6-3-15(31-18)12-24-25-21(26)10-13-1-5-19-20(9-13)30-8-7-29-19/h1-6,9,11-12H,7-8,10H2,(H,25,26)(H,27,28)/b24-12-. The normalized spacial score (nSPS) is 12.7. The molecule has 4 rings (SSSR count). The lowest BCUT2D eigenvalue weighted by Gasteiger charge is -2.18. The molecule has 0 bridgehead atoms. The molecule has 0 radical (unpaired) electrons. The summed E-state index contributed by atoms with van der Waals surface area (Å²) in [6.07, 6.45) is 1.49. The summed E-state index contributed by atoms with van der Waals surface area (Å²) in [7, 11) is 0. The summed E-state index contributed by atoms with van der Waals surface area (Å²) in [6, 6.07) is 13.3. The lowest BCUT2D eigenvalue weighted by atomic mass is 10.1. The highest BCUT2D eigenvalue weighted by Crippen LogP contribution is 2.31.